The molecule has 0 amide bonds. The van der Waals surface area contributed by atoms with Crippen LogP contribution in [0.2, 0.25) is 0 Å². The molecule has 0 saturated heterocycles. The summed E-state index contributed by atoms with van der Waals surface area (Å²) in [6.45, 7) is 0. The Bertz CT molecular complexity index is 747. The minimum absolute atomic E-state index is 0.487. The second-order valence-corrected chi connectivity index (χ2v) is 5.55. The maximum absolute atomic E-state index is 4.54. The second-order valence-electron chi connectivity index (χ2n) is 4.73. The molecule has 4 nitrogen and oxygen atoms in total. The van der Waals surface area contributed by atoms with Crippen molar-refractivity contribution in [3.05, 3.63) is 84.1 Å². The normalized spacial score (nSPS) is 10.1. The predicted octanol–water partition coefficient (Wildman–Crippen LogP) is 4.06. The van der Waals surface area contributed by atoms with Crippen molar-refractivity contribution in [3.8, 4) is 0 Å². The molecule has 0 aliphatic carbocycles. The van der Waals surface area contributed by atoms with Crippen molar-refractivity contribution in [2.75, 3.05) is 11.7 Å². The van der Waals surface area contributed by atoms with Crippen LogP contribution in [0.15, 0.2) is 83.1 Å². The van der Waals surface area contributed by atoms with Gasteiger partial charge in [0.15, 0.2) is 0 Å². The van der Waals surface area contributed by atoms with Crippen LogP contribution in [0.25, 0.3) is 0 Å². The lowest BCUT2D eigenvalue weighted by Crippen LogP contribution is -2.07. The molecule has 0 radical (unpaired) electrons. The minimum atomic E-state index is 0.487. The SMILES string of the molecule is CSc1ccnc(NN=C(c2ccccc2)c2ccccc2)n1. The summed E-state index contributed by atoms with van der Waals surface area (Å²) in [5.74, 6) is 0.487. The van der Waals surface area contributed by atoms with Gasteiger partial charge < -0.3 is 0 Å². The number of aromatic nitrogens is 2. The van der Waals surface area contributed by atoms with E-state index in [1.165, 1.54) is 0 Å². The molecule has 0 atom stereocenters. The highest BCUT2D eigenvalue weighted by molar-refractivity contribution is 7.98. The van der Waals surface area contributed by atoms with Crippen molar-refractivity contribution in [2.24, 2.45) is 5.10 Å². The Labute approximate surface area is 139 Å². The largest absolute Gasteiger partial charge is 0.245 e. The van der Waals surface area contributed by atoms with Gasteiger partial charge in [-0.2, -0.15) is 5.10 Å². The number of rotatable bonds is 5. The van der Waals surface area contributed by atoms with Crippen molar-refractivity contribution in [1.82, 2.24) is 9.97 Å². The third kappa shape index (κ3) is 3.96. The van der Waals surface area contributed by atoms with E-state index >= 15 is 0 Å². The van der Waals surface area contributed by atoms with E-state index in [4.69, 9.17) is 0 Å². The molecule has 3 rings (SSSR count). The number of hydrogen-bond donors (Lipinski definition) is 1. The molecular formula is C18H16N4S. The summed E-state index contributed by atoms with van der Waals surface area (Å²) in [7, 11) is 0. The highest BCUT2D eigenvalue weighted by Crippen LogP contribution is 2.14. The van der Waals surface area contributed by atoms with Crippen molar-refractivity contribution in [2.45, 2.75) is 5.03 Å². The zero-order chi connectivity index (χ0) is 15.9. The van der Waals surface area contributed by atoms with Crippen LogP contribution in [-0.4, -0.2) is 21.9 Å². The van der Waals surface area contributed by atoms with Crippen molar-refractivity contribution in [3.63, 3.8) is 0 Å². The molecule has 0 spiro atoms. The van der Waals surface area contributed by atoms with Gasteiger partial charge in [-0.25, -0.2) is 15.4 Å². The standard InChI is InChI=1S/C18H16N4S/c1-23-16-12-13-19-18(20-16)22-21-17(14-8-4-2-5-9-14)15-10-6-3-7-11-15/h2-13H,1H3,(H,19,20,22). The molecule has 0 aliphatic heterocycles. The topological polar surface area (TPSA) is 50.2 Å². The molecular weight excluding hydrogens is 304 g/mol. The van der Waals surface area contributed by atoms with Gasteiger partial charge in [-0.3, -0.25) is 0 Å². The molecule has 1 aromatic heterocycles. The van der Waals surface area contributed by atoms with Crippen LogP contribution in [0, 0.1) is 0 Å². The fourth-order valence-corrected chi connectivity index (χ4v) is 2.48. The predicted molar refractivity (Wildman–Crippen MR) is 96.0 cm³/mol. The molecule has 0 bridgehead atoms. The summed E-state index contributed by atoms with van der Waals surface area (Å²) in [5.41, 5.74) is 5.89. The van der Waals surface area contributed by atoms with Gasteiger partial charge in [0, 0.05) is 17.3 Å². The highest BCUT2D eigenvalue weighted by Gasteiger charge is 2.07. The molecule has 1 heterocycles. The molecule has 0 fully saturated rings. The summed E-state index contributed by atoms with van der Waals surface area (Å²) in [5, 5.41) is 5.44. The number of benzene rings is 2. The van der Waals surface area contributed by atoms with Gasteiger partial charge in [0.05, 0.1) is 5.71 Å². The first-order valence-electron chi connectivity index (χ1n) is 7.18. The van der Waals surface area contributed by atoms with E-state index in [1.54, 1.807) is 18.0 Å². The van der Waals surface area contributed by atoms with Crippen LogP contribution in [0.4, 0.5) is 5.95 Å². The summed E-state index contributed by atoms with van der Waals surface area (Å²) < 4.78 is 0. The number of nitrogens with one attached hydrogen (secondary N) is 1. The van der Waals surface area contributed by atoms with Crippen molar-refractivity contribution >= 4 is 23.4 Å². The van der Waals surface area contributed by atoms with E-state index in [9.17, 15) is 0 Å². The summed E-state index contributed by atoms with van der Waals surface area (Å²) in [6.07, 6.45) is 3.70. The minimum Gasteiger partial charge on any atom is -0.245 e. The van der Waals surface area contributed by atoms with Crippen molar-refractivity contribution in [1.29, 1.82) is 0 Å². The van der Waals surface area contributed by atoms with E-state index < -0.39 is 0 Å². The zero-order valence-electron chi connectivity index (χ0n) is 12.7. The van der Waals surface area contributed by atoms with Crippen LogP contribution >= 0.6 is 11.8 Å². The average molecular weight is 320 g/mol. The first-order chi connectivity index (χ1) is 11.4. The fourth-order valence-electron chi connectivity index (χ4n) is 2.10. The van der Waals surface area contributed by atoms with Crippen LogP contribution < -0.4 is 5.43 Å². The molecule has 0 saturated carbocycles. The lowest BCUT2D eigenvalue weighted by atomic mass is 10.0. The first kappa shape index (κ1) is 15.2. The Kier molecular flexibility index (Phi) is 5.01. The molecule has 0 aliphatic rings. The monoisotopic (exact) mass is 320 g/mol. The summed E-state index contributed by atoms with van der Waals surface area (Å²) in [6, 6.07) is 22.0. The van der Waals surface area contributed by atoms with Gasteiger partial charge in [-0.1, -0.05) is 60.7 Å². The average Bonchev–Trinajstić information content (AvgIpc) is 2.64. The fraction of sp³-hybridized carbons (Fsp3) is 0.0556. The van der Waals surface area contributed by atoms with E-state index in [2.05, 4.69) is 20.5 Å². The van der Waals surface area contributed by atoms with Crippen LogP contribution in [0.5, 0.6) is 0 Å². The summed E-state index contributed by atoms with van der Waals surface area (Å²) in [4.78, 5) is 8.59. The molecule has 1 N–H and O–H groups in total. The first-order valence-corrected chi connectivity index (χ1v) is 8.41. The third-order valence-corrected chi connectivity index (χ3v) is 3.85. The van der Waals surface area contributed by atoms with E-state index in [1.807, 2.05) is 73.0 Å². The van der Waals surface area contributed by atoms with Crippen LogP contribution in [0.3, 0.4) is 0 Å². The number of anilines is 1. The maximum Gasteiger partial charge on any atom is 0.244 e. The van der Waals surface area contributed by atoms with Gasteiger partial charge in [-0.05, 0) is 12.3 Å². The zero-order valence-corrected chi connectivity index (χ0v) is 13.5. The van der Waals surface area contributed by atoms with E-state index in [-0.39, 0.29) is 0 Å². The van der Waals surface area contributed by atoms with Crippen LogP contribution in [0.1, 0.15) is 11.1 Å². The number of hydrogen-bond acceptors (Lipinski definition) is 5. The molecule has 23 heavy (non-hydrogen) atoms. The van der Waals surface area contributed by atoms with E-state index in [0.29, 0.717) is 5.95 Å². The lowest BCUT2D eigenvalue weighted by Gasteiger charge is -2.08. The molecule has 2 aromatic carbocycles. The Morgan fingerprint density at radius 2 is 1.52 bits per heavy atom. The Hall–Kier alpha value is -2.66. The Balaban J connectivity index is 1.95. The Morgan fingerprint density at radius 3 is 2.09 bits per heavy atom. The van der Waals surface area contributed by atoms with Crippen LogP contribution in [-0.2, 0) is 0 Å². The smallest absolute Gasteiger partial charge is 0.244 e. The third-order valence-electron chi connectivity index (χ3n) is 3.20. The maximum atomic E-state index is 4.54. The molecule has 5 heteroatoms. The lowest BCUT2D eigenvalue weighted by molar-refractivity contribution is 1.03. The molecule has 114 valence electrons. The Morgan fingerprint density at radius 1 is 0.913 bits per heavy atom. The van der Waals surface area contributed by atoms with E-state index in [0.717, 1.165) is 21.9 Å². The highest BCUT2D eigenvalue weighted by atomic mass is 32.2. The quantitative estimate of drug-likeness (QED) is 0.333. The number of hydrazone groups is 1. The molecule has 0 unspecified atom stereocenters. The van der Waals surface area contributed by atoms with Gasteiger partial charge in [0.2, 0.25) is 5.95 Å². The van der Waals surface area contributed by atoms with Gasteiger partial charge in [0.1, 0.15) is 5.03 Å². The number of nitrogens with zero attached hydrogens (tertiary/aromatic N) is 3. The van der Waals surface area contributed by atoms with Crippen molar-refractivity contribution < 1.29 is 0 Å². The van der Waals surface area contributed by atoms with Gasteiger partial charge in [0.25, 0.3) is 0 Å². The molecule has 3 aromatic rings. The second kappa shape index (κ2) is 7.56. The summed E-state index contributed by atoms with van der Waals surface area (Å²) >= 11 is 1.57. The van der Waals surface area contributed by atoms with Gasteiger partial charge >= 0.3 is 0 Å². The number of thioether (sulfide) groups is 1. The van der Waals surface area contributed by atoms with Gasteiger partial charge in [-0.15, -0.1) is 11.8 Å².